The second-order valence-corrected chi connectivity index (χ2v) is 6.38. The van der Waals surface area contributed by atoms with E-state index in [0.717, 1.165) is 36.6 Å². The van der Waals surface area contributed by atoms with Crippen molar-refractivity contribution in [1.29, 1.82) is 0 Å². The van der Waals surface area contributed by atoms with Gasteiger partial charge in [-0.3, -0.25) is 4.90 Å². The molecule has 1 aromatic heterocycles. The second kappa shape index (κ2) is 5.68. The molecule has 1 aliphatic rings. The zero-order chi connectivity index (χ0) is 15.0. The molecular weight excluding hydrogens is 260 g/mol. The van der Waals surface area contributed by atoms with Crippen LogP contribution in [-0.4, -0.2) is 33.6 Å². The summed E-state index contributed by atoms with van der Waals surface area (Å²) in [5.74, 6) is 1.19. The first-order chi connectivity index (χ1) is 10.1. The zero-order valence-corrected chi connectivity index (χ0v) is 13.3. The molecule has 114 valence electrons. The summed E-state index contributed by atoms with van der Waals surface area (Å²) in [5, 5.41) is 0. The second-order valence-electron chi connectivity index (χ2n) is 6.38. The van der Waals surface area contributed by atoms with E-state index in [0.29, 0.717) is 6.04 Å². The Morgan fingerprint density at radius 1 is 1.43 bits per heavy atom. The van der Waals surface area contributed by atoms with Crippen LogP contribution in [0.3, 0.4) is 0 Å². The van der Waals surface area contributed by atoms with Crippen LogP contribution in [0.25, 0.3) is 11.0 Å². The van der Waals surface area contributed by atoms with Gasteiger partial charge < -0.3 is 10.3 Å². The lowest BCUT2D eigenvalue weighted by atomic mass is 10.2. The van der Waals surface area contributed by atoms with Crippen molar-refractivity contribution in [1.82, 2.24) is 14.5 Å². The van der Waals surface area contributed by atoms with E-state index in [1.54, 1.807) is 0 Å². The van der Waals surface area contributed by atoms with Gasteiger partial charge in [0, 0.05) is 30.7 Å². The predicted octanol–water partition coefficient (Wildman–Crippen LogP) is 3.05. The van der Waals surface area contributed by atoms with E-state index in [2.05, 4.69) is 36.4 Å². The quantitative estimate of drug-likeness (QED) is 0.830. The normalized spacial score (nSPS) is 16.8. The van der Waals surface area contributed by atoms with E-state index in [-0.39, 0.29) is 0 Å². The highest BCUT2D eigenvalue weighted by atomic mass is 15.2. The van der Waals surface area contributed by atoms with Crippen LogP contribution in [0.15, 0.2) is 18.2 Å². The van der Waals surface area contributed by atoms with Crippen molar-refractivity contribution in [2.45, 2.75) is 58.2 Å². The Labute approximate surface area is 126 Å². The number of hydrogen-bond donors (Lipinski definition) is 1. The van der Waals surface area contributed by atoms with Gasteiger partial charge in [-0.05, 0) is 51.4 Å². The van der Waals surface area contributed by atoms with Crippen LogP contribution in [-0.2, 0) is 13.0 Å². The molecule has 1 saturated carbocycles. The summed E-state index contributed by atoms with van der Waals surface area (Å²) in [7, 11) is 2.25. The van der Waals surface area contributed by atoms with Crippen LogP contribution >= 0.6 is 0 Å². The van der Waals surface area contributed by atoms with Crippen molar-refractivity contribution in [2.75, 3.05) is 12.8 Å². The summed E-state index contributed by atoms with van der Waals surface area (Å²) in [5.41, 5.74) is 8.93. The number of nitrogen functional groups attached to an aromatic ring is 1. The highest BCUT2D eigenvalue weighted by Crippen LogP contribution is 2.28. The van der Waals surface area contributed by atoms with Gasteiger partial charge in [0.15, 0.2) is 0 Å². The maximum absolute atomic E-state index is 5.90. The fourth-order valence-electron chi connectivity index (χ4n) is 3.05. The number of nitrogens with two attached hydrogens (primary N) is 1. The fraction of sp³-hybridized carbons (Fsp3) is 0.588. The molecule has 4 nitrogen and oxygen atoms in total. The summed E-state index contributed by atoms with van der Waals surface area (Å²) >= 11 is 0. The summed E-state index contributed by atoms with van der Waals surface area (Å²) in [6.45, 7) is 5.53. The molecule has 0 aliphatic heterocycles. The van der Waals surface area contributed by atoms with Gasteiger partial charge in [0.25, 0.3) is 0 Å². The summed E-state index contributed by atoms with van der Waals surface area (Å²) < 4.78 is 2.39. The molecule has 1 aliphatic carbocycles. The van der Waals surface area contributed by atoms with Crippen molar-refractivity contribution in [3.8, 4) is 0 Å². The Hall–Kier alpha value is -1.55. The smallest absolute Gasteiger partial charge is 0.109 e. The zero-order valence-electron chi connectivity index (χ0n) is 13.3. The number of fused-ring (bicyclic) bond motifs is 1. The number of rotatable bonds is 6. The largest absolute Gasteiger partial charge is 0.399 e. The average molecular weight is 286 g/mol. The number of anilines is 1. The highest BCUT2D eigenvalue weighted by Gasteiger charge is 2.29. The first-order valence-electron chi connectivity index (χ1n) is 8.06. The van der Waals surface area contributed by atoms with E-state index in [9.17, 15) is 0 Å². The Balaban J connectivity index is 1.92. The Morgan fingerprint density at radius 2 is 2.19 bits per heavy atom. The average Bonchev–Trinajstić information content (AvgIpc) is 3.24. The molecule has 4 heteroatoms. The Bertz CT molecular complexity index is 627. The van der Waals surface area contributed by atoms with E-state index in [1.807, 2.05) is 12.1 Å². The number of aryl methyl sites for hydroxylation is 1. The lowest BCUT2D eigenvalue weighted by Gasteiger charge is -2.25. The third-order valence-electron chi connectivity index (χ3n) is 4.59. The summed E-state index contributed by atoms with van der Waals surface area (Å²) in [4.78, 5) is 7.31. The lowest BCUT2D eigenvalue weighted by molar-refractivity contribution is 0.226. The fourth-order valence-corrected chi connectivity index (χ4v) is 3.05. The van der Waals surface area contributed by atoms with E-state index >= 15 is 0 Å². The summed E-state index contributed by atoms with van der Waals surface area (Å²) in [6.07, 6.45) is 4.84. The number of likely N-dealkylation sites (N-methyl/N-ethyl adjacent to an activating group) is 1. The van der Waals surface area contributed by atoms with Crippen LogP contribution in [0.5, 0.6) is 0 Å². The third-order valence-corrected chi connectivity index (χ3v) is 4.59. The standard InChI is InChI=1S/C17H26N4/c1-4-5-17-19-15-10-13(18)6-9-16(15)21(17)11-12(2)20(3)14-7-8-14/h6,9-10,12,14H,4-5,7-8,11,18H2,1-3H3. The molecule has 1 fully saturated rings. The molecule has 3 rings (SSSR count). The van der Waals surface area contributed by atoms with Crippen molar-refractivity contribution < 1.29 is 0 Å². The van der Waals surface area contributed by atoms with Crippen molar-refractivity contribution in [3.05, 3.63) is 24.0 Å². The molecule has 1 atom stereocenters. The van der Waals surface area contributed by atoms with Crippen LogP contribution in [0.4, 0.5) is 5.69 Å². The molecule has 1 unspecified atom stereocenters. The molecule has 1 aromatic carbocycles. The molecule has 2 aromatic rings. The molecule has 1 heterocycles. The molecule has 0 saturated heterocycles. The first kappa shape index (κ1) is 14.4. The van der Waals surface area contributed by atoms with Gasteiger partial charge in [0.05, 0.1) is 11.0 Å². The third kappa shape index (κ3) is 2.91. The highest BCUT2D eigenvalue weighted by molar-refractivity contribution is 5.79. The summed E-state index contributed by atoms with van der Waals surface area (Å²) in [6, 6.07) is 7.40. The minimum atomic E-state index is 0.531. The van der Waals surface area contributed by atoms with Crippen LogP contribution < -0.4 is 5.73 Å². The molecule has 0 bridgehead atoms. The van der Waals surface area contributed by atoms with Crippen molar-refractivity contribution >= 4 is 16.7 Å². The minimum Gasteiger partial charge on any atom is -0.399 e. The molecule has 0 amide bonds. The SMILES string of the molecule is CCCc1nc2cc(N)ccc2n1CC(C)N(C)C1CC1. The van der Waals surface area contributed by atoms with Gasteiger partial charge in [-0.15, -0.1) is 0 Å². The van der Waals surface area contributed by atoms with E-state index in [4.69, 9.17) is 10.7 Å². The van der Waals surface area contributed by atoms with Crippen LogP contribution in [0, 0.1) is 0 Å². The van der Waals surface area contributed by atoms with Gasteiger partial charge in [0.1, 0.15) is 5.82 Å². The number of hydrogen-bond acceptors (Lipinski definition) is 3. The van der Waals surface area contributed by atoms with Crippen LogP contribution in [0.2, 0.25) is 0 Å². The van der Waals surface area contributed by atoms with E-state index < -0.39 is 0 Å². The van der Waals surface area contributed by atoms with Gasteiger partial charge in [-0.1, -0.05) is 6.92 Å². The maximum Gasteiger partial charge on any atom is 0.109 e. The first-order valence-corrected chi connectivity index (χ1v) is 8.06. The number of nitrogens with zero attached hydrogens (tertiary/aromatic N) is 3. The molecule has 0 spiro atoms. The van der Waals surface area contributed by atoms with Crippen molar-refractivity contribution in [2.24, 2.45) is 0 Å². The predicted molar refractivity (Wildman–Crippen MR) is 88.4 cm³/mol. The number of benzene rings is 1. The number of aromatic nitrogens is 2. The molecule has 2 N–H and O–H groups in total. The topological polar surface area (TPSA) is 47.1 Å². The van der Waals surface area contributed by atoms with Crippen molar-refractivity contribution in [3.63, 3.8) is 0 Å². The molecule has 0 radical (unpaired) electrons. The van der Waals surface area contributed by atoms with Gasteiger partial charge in [-0.25, -0.2) is 4.98 Å². The molecule has 21 heavy (non-hydrogen) atoms. The van der Waals surface area contributed by atoms with Crippen LogP contribution in [0.1, 0.15) is 38.9 Å². The maximum atomic E-state index is 5.90. The number of imidazole rings is 1. The molecular formula is C17H26N4. The Morgan fingerprint density at radius 3 is 2.86 bits per heavy atom. The van der Waals surface area contributed by atoms with Gasteiger partial charge in [-0.2, -0.15) is 0 Å². The minimum absolute atomic E-state index is 0.531. The van der Waals surface area contributed by atoms with E-state index in [1.165, 1.54) is 24.2 Å². The lowest BCUT2D eigenvalue weighted by Crippen LogP contribution is -2.34. The van der Waals surface area contributed by atoms with Gasteiger partial charge in [0.2, 0.25) is 0 Å². The Kier molecular flexibility index (Phi) is 3.89. The monoisotopic (exact) mass is 286 g/mol. The van der Waals surface area contributed by atoms with Gasteiger partial charge >= 0.3 is 0 Å².